The highest BCUT2D eigenvalue weighted by Gasteiger charge is 2.12. The summed E-state index contributed by atoms with van der Waals surface area (Å²) in [5, 5.41) is 10.8. The molecule has 9 rings (SSSR count). The number of pyridine rings is 1. The first-order valence-corrected chi connectivity index (χ1v) is 14.8. The maximum Gasteiger partial charge on any atom is 0.116 e. The molecule has 2 heterocycles. The van der Waals surface area contributed by atoms with E-state index in [-0.39, 0.29) is 0 Å². The fourth-order valence-corrected chi connectivity index (χ4v) is 6.35. The van der Waals surface area contributed by atoms with E-state index >= 15 is 0 Å². The molecule has 3 heteroatoms. The predicted octanol–water partition coefficient (Wildman–Crippen LogP) is 10.6. The van der Waals surface area contributed by atoms with E-state index in [1.165, 1.54) is 43.1 Å². The van der Waals surface area contributed by atoms with Crippen molar-refractivity contribution < 1.29 is 0 Å². The first-order valence-electron chi connectivity index (χ1n) is 14.8. The van der Waals surface area contributed by atoms with Gasteiger partial charge in [-0.2, -0.15) is 0 Å². The Labute approximate surface area is 254 Å². The largest absolute Gasteiger partial charge is 0.248 e. The average Bonchev–Trinajstić information content (AvgIpc) is 3.09. The van der Waals surface area contributed by atoms with Crippen LogP contribution in [0.4, 0.5) is 0 Å². The smallest absolute Gasteiger partial charge is 0.116 e. The molecule has 0 N–H and O–H groups in total. The van der Waals surface area contributed by atoms with Gasteiger partial charge < -0.3 is 0 Å². The lowest BCUT2D eigenvalue weighted by Gasteiger charge is -2.12. The van der Waals surface area contributed by atoms with Crippen molar-refractivity contribution in [1.29, 1.82) is 0 Å². The fraction of sp³-hybridized carbons (Fsp3) is 0. The van der Waals surface area contributed by atoms with Gasteiger partial charge in [0.05, 0.1) is 16.9 Å². The quantitative estimate of drug-likeness (QED) is 0.202. The second-order valence-corrected chi connectivity index (χ2v) is 11.4. The van der Waals surface area contributed by atoms with E-state index in [1.807, 2.05) is 6.20 Å². The minimum atomic E-state index is 0.924. The molecule has 204 valence electrons. The summed E-state index contributed by atoms with van der Waals surface area (Å²) >= 11 is 0. The van der Waals surface area contributed by atoms with Gasteiger partial charge in [0.25, 0.3) is 0 Å². The molecule has 0 amide bonds. The number of hydrogen-bond acceptors (Lipinski definition) is 3. The van der Waals surface area contributed by atoms with Crippen LogP contribution in [0.2, 0.25) is 0 Å². The number of fused-ring (bicyclic) bond motifs is 5. The molecule has 0 radical (unpaired) electrons. The molecule has 0 bridgehead atoms. The summed E-state index contributed by atoms with van der Waals surface area (Å²) in [6.45, 7) is 0. The maximum atomic E-state index is 5.27. The van der Waals surface area contributed by atoms with Gasteiger partial charge >= 0.3 is 0 Å². The minimum Gasteiger partial charge on any atom is -0.248 e. The third-order valence-corrected chi connectivity index (χ3v) is 8.67. The Bertz CT molecular complexity index is 2430. The van der Waals surface area contributed by atoms with Gasteiger partial charge in [-0.25, -0.2) is 15.0 Å². The van der Waals surface area contributed by atoms with E-state index in [0.29, 0.717) is 0 Å². The number of aromatic nitrogens is 3. The van der Waals surface area contributed by atoms with E-state index in [9.17, 15) is 0 Å². The molecule has 3 nitrogen and oxygen atoms in total. The highest BCUT2D eigenvalue weighted by molar-refractivity contribution is 6.01. The van der Waals surface area contributed by atoms with E-state index in [1.54, 1.807) is 6.33 Å². The molecule has 0 saturated heterocycles. The van der Waals surface area contributed by atoms with Crippen LogP contribution in [-0.2, 0) is 0 Å². The van der Waals surface area contributed by atoms with Crippen LogP contribution in [0.5, 0.6) is 0 Å². The zero-order chi connectivity index (χ0) is 29.0. The van der Waals surface area contributed by atoms with Crippen molar-refractivity contribution >= 4 is 54.0 Å². The molecule has 0 unspecified atom stereocenters. The van der Waals surface area contributed by atoms with Gasteiger partial charge in [-0.3, -0.25) is 0 Å². The standard InChI is InChI=1S/C41H25N3/c1-3-7-28-17-36-19-33(12-9-30(36)15-26(28)5-1)40-22-38(32-11-14-35-24-42-25-43-39(35)21-32)23-41(44-40)34-13-10-31-16-27-6-2-4-8-29(27)18-37(31)20-34/h1-25H. The third kappa shape index (κ3) is 4.26. The van der Waals surface area contributed by atoms with Crippen LogP contribution in [0.1, 0.15) is 0 Å². The number of rotatable bonds is 3. The van der Waals surface area contributed by atoms with Crippen LogP contribution in [0.3, 0.4) is 0 Å². The van der Waals surface area contributed by atoms with Gasteiger partial charge in [0.2, 0.25) is 0 Å². The summed E-state index contributed by atoms with van der Waals surface area (Å²) in [4.78, 5) is 14.0. The minimum absolute atomic E-state index is 0.924. The van der Waals surface area contributed by atoms with E-state index in [2.05, 4.69) is 149 Å². The second kappa shape index (κ2) is 9.82. The van der Waals surface area contributed by atoms with Gasteiger partial charge in [-0.1, -0.05) is 84.9 Å². The Morgan fingerprint density at radius 1 is 0.341 bits per heavy atom. The van der Waals surface area contributed by atoms with Crippen molar-refractivity contribution in [2.24, 2.45) is 0 Å². The lowest BCUT2D eigenvalue weighted by molar-refractivity contribution is 1.22. The van der Waals surface area contributed by atoms with Crippen LogP contribution in [0.15, 0.2) is 152 Å². The third-order valence-electron chi connectivity index (χ3n) is 8.67. The first-order chi connectivity index (χ1) is 21.7. The summed E-state index contributed by atoms with van der Waals surface area (Å²) in [7, 11) is 0. The number of nitrogens with zero attached hydrogens (tertiary/aromatic N) is 3. The predicted molar refractivity (Wildman–Crippen MR) is 184 cm³/mol. The van der Waals surface area contributed by atoms with Crippen molar-refractivity contribution in [2.75, 3.05) is 0 Å². The van der Waals surface area contributed by atoms with Gasteiger partial charge in [0.1, 0.15) is 6.33 Å². The summed E-state index contributed by atoms with van der Waals surface area (Å²) in [5.41, 5.74) is 7.18. The van der Waals surface area contributed by atoms with Gasteiger partial charge in [-0.05, 0) is 109 Å². The van der Waals surface area contributed by atoms with Crippen molar-refractivity contribution in [3.8, 4) is 33.6 Å². The Balaban J connectivity index is 1.24. The molecule has 0 fully saturated rings. The fourth-order valence-electron chi connectivity index (χ4n) is 6.35. The zero-order valence-electron chi connectivity index (χ0n) is 23.8. The monoisotopic (exact) mass is 559 g/mol. The molecule has 0 saturated carbocycles. The van der Waals surface area contributed by atoms with Gasteiger partial charge in [0, 0.05) is 22.7 Å². The molecule has 2 aromatic heterocycles. The molecule has 0 aliphatic rings. The SMILES string of the molecule is c1ccc2cc3cc(-c4cc(-c5ccc6cncnc6c5)cc(-c5ccc6cc7ccccc7cc6c5)n4)ccc3cc2c1. The molecule has 44 heavy (non-hydrogen) atoms. The van der Waals surface area contributed by atoms with Crippen LogP contribution in [-0.4, -0.2) is 15.0 Å². The summed E-state index contributed by atoms with van der Waals surface area (Å²) in [6.07, 6.45) is 3.46. The first kappa shape index (κ1) is 24.6. The van der Waals surface area contributed by atoms with Gasteiger partial charge in [0.15, 0.2) is 0 Å². The Kier molecular flexibility index (Phi) is 5.50. The second-order valence-electron chi connectivity index (χ2n) is 11.4. The molecule has 0 aliphatic heterocycles. The van der Waals surface area contributed by atoms with Crippen LogP contribution < -0.4 is 0 Å². The Morgan fingerprint density at radius 3 is 1.39 bits per heavy atom. The molecule has 0 spiro atoms. The Morgan fingerprint density at radius 2 is 0.818 bits per heavy atom. The molecule has 9 aromatic rings. The molecular weight excluding hydrogens is 534 g/mol. The highest BCUT2D eigenvalue weighted by Crippen LogP contribution is 2.35. The number of benzene rings is 7. The lowest BCUT2D eigenvalue weighted by Crippen LogP contribution is -1.92. The van der Waals surface area contributed by atoms with Crippen molar-refractivity contribution in [2.45, 2.75) is 0 Å². The van der Waals surface area contributed by atoms with E-state index < -0.39 is 0 Å². The molecule has 7 aromatic carbocycles. The zero-order valence-corrected chi connectivity index (χ0v) is 23.8. The van der Waals surface area contributed by atoms with Crippen LogP contribution in [0, 0.1) is 0 Å². The topological polar surface area (TPSA) is 38.7 Å². The number of hydrogen-bond donors (Lipinski definition) is 0. The highest BCUT2D eigenvalue weighted by atomic mass is 14.8. The average molecular weight is 560 g/mol. The molecule has 0 aliphatic carbocycles. The Hall–Kier alpha value is -5.93. The van der Waals surface area contributed by atoms with Crippen molar-refractivity contribution in [1.82, 2.24) is 15.0 Å². The van der Waals surface area contributed by atoms with Gasteiger partial charge in [-0.15, -0.1) is 0 Å². The molecular formula is C41H25N3. The maximum absolute atomic E-state index is 5.27. The lowest BCUT2D eigenvalue weighted by atomic mass is 9.96. The summed E-state index contributed by atoms with van der Waals surface area (Å²) < 4.78 is 0. The summed E-state index contributed by atoms with van der Waals surface area (Å²) in [6, 6.07) is 50.2. The molecule has 0 atom stereocenters. The van der Waals surface area contributed by atoms with E-state index in [0.717, 1.165) is 44.5 Å². The van der Waals surface area contributed by atoms with E-state index in [4.69, 9.17) is 4.98 Å². The van der Waals surface area contributed by atoms with Crippen molar-refractivity contribution in [3.63, 3.8) is 0 Å². The summed E-state index contributed by atoms with van der Waals surface area (Å²) in [5.74, 6) is 0. The van der Waals surface area contributed by atoms with Crippen molar-refractivity contribution in [3.05, 3.63) is 152 Å². The normalized spacial score (nSPS) is 11.6. The van der Waals surface area contributed by atoms with Crippen LogP contribution >= 0.6 is 0 Å². The van der Waals surface area contributed by atoms with Crippen LogP contribution in [0.25, 0.3) is 87.6 Å².